The van der Waals surface area contributed by atoms with Gasteiger partial charge in [-0.15, -0.1) is 6.42 Å². The Morgan fingerprint density at radius 1 is 1.29 bits per heavy atom. The zero-order chi connectivity index (χ0) is 19.7. The van der Waals surface area contributed by atoms with Crippen molar-refractivity contribution in [1.29, 1.82) is 0 Å². The lowest BCUT2D eigenvalue weighted by molar-refractivity contribution is -0.0804. The largest absolute Gasteiger partial charge is 0.382 e. The van der Waals surface area contributed by atoms with Crippen molar-refractivity contribution >= 4 is 11.3 Å². The molecule has 1 aromatic carbocycles. The molecule has 3 heterocycles. The van der Waals surface area contributed by atoms with Crippen molar-refractivity contribution < 1.29 is 9.47 Å². The molecular weight excluding hydrogens is 352 g/mol. The zero-order valence-electron chi connectivity index (χ0n) is 16.1. The Kier molecular flexibility index (Phi) is 4.80. The Morgan fingerprint density at radius 3 is 2.79 bits per heavy atom. The van der Waals surface area contributed by atoms with E-state index in [4.69, 9.17) is 21.6 Å². The Balaban J connectivity index is 1.77. The number of nitrogen functional groups attached to an aromatic ring is 1. The van der Waals surface area contributed by atoms with Crippen LogP contribution in [-0.2, 0) is 21.7 Å². The first-order valence-corrected chi connectivity index (χ1v) is 9.50. The molecule has 3 aromatic rings. The summed E-state index contributed by atoms with van der Waals surface area (Å²) in [7, 11) is 0. The van der Waals surface area contributed by atoms with E-state index in [0.29, 0.717) is 17.9 Å². The molecule has 0 bridgehead atoms. The van der Waals surface area contributed by atoms with E-state index in [1.54, 1.807) is 4.52 Å². The summed E-state index contributed by atoms with van der Waals surface area (Å²) in [6.07, 6.45) is 8.02. The summed E-state index contributed by atoms with van der Waals surface area (Å²) in [6, 6.07) is 13.8. The fourth-order valence-corrected chi connectivity index (χ4v) is 4.09. The summed E-state index contributed by atoms with van der Waals surface area (Å²) >= 11 is 0. The maximum absolute atomic E-state index is 6.47. The molecule has 2 aromatic heterocycles. The Morgan fingerprint density at radius 2 is 2.07 bits per heavy atom. The molecule has 1 fully saturated rings. The first-order chi connectivity index (χ1) is 13.6. The van der Waals surface area contributed by atoms with E-state index in [9.17, 15) is 0 Å². The number of anilines is 1. The maximum atomic E-state index is 6.47. The number of rotatable bonds is 5. The summed E-state index contributed by atoms with van der Waals surface area (Å²) in [5.41, 5.74) is 7.48. The molecular formula is C22H24N4O2. The summed E-state index contributed by atoms with van der Waals surface area (Å²) in [4.78, 5) is 4.06. The van der Waals surface area contributed by atoms with E-state index in [2.05, 4.69) is 29.9 Å². The highest BCUT2D eigenvalue weighted by atomic mass is 16.6. The SMILES string of the molecule is C#CC1(c2ccc3c(N)ncnn23)O[C@H](CC)[C@@H](C)[C@H]1OCc1ccccc1. The number of hydrogen-bond acceptors (Lipinski definition) is 5. The van der Waals surface area contributed by atoms with Crippen LogP contribution in [0.1, 0.15) is 31.5 Å². The first-order valence-electron chi connectivity index (χ1n) is 9.50. The van der Waals surface area contributed by atoms with Gasteiger partial charge in [0.15, 0.2) is 11.4 Å². The molecule has 0 saturated carbocycles. The second-order valence-electron chi connectivity index (χ2n) is 7.18. The number of terminal acetylenes is 1. The lowest BCUT2D eigenvalue weighted by Crippen LogP contribution is -2.40. The van der Waals surface area contributed by atoms with Crippen molar-refractivity contribution in [2.24, 2.45) is 5.92 Å². The van der Waals surface area contributed by atoms with Crippen molar-refractivity contribution in [2.45, 2.75) is 44.7 Å². The van der Waals surface area contributed by atoms with Crippen molar-refractivity contribution in [3.05, 3.63) is 60.0 Å². The highest BCUT2D eigenvalue weighted by Gasteiger charge is 2.55. The van der Waals surface area contributed by atoms with E-state index >= 15 is 0 Å². The van der Waals surface area contributed by atoms with Crippen LogP contribution in [-0.4, -0.2) is 26.8 Å². The molecule has 4 rings (SSSR count). The van der Waals surface area contributed by atoms with Crippen molar-refractivity contribution in [3.8, 4) is 12.3 Å². The second-order valence-corrected chi connectivity index (χ2v) is 7.18. The molecule has 6 heteroatoms. The molecule has 1 unspecified atom stereocenters. The minimum Gasteiger partial charge on any atom is -0.382 e. The van der Waals surface area contributed by atoms with Crippen LogP contribution in [0.2, 0.25) is 0 Å². The third-order valence-electron chi connectivity index (χ3n) is 5.55. The molecule has 0 aliphatic carbocycles. The maximum Gasteiger partial charge on any atom is 0.197 e. The smallest absolute Gasteiger partial charge is 0.197 e. The number of nitrogens with zero attached hydrogens (tertiary/aromatic N) is 3. The van der Waals surface area contributed by atoms with Crippen LogP contribution in [0.3, 0.4) is 0 Å². The van der Waals surface area contributed by atoms with Crippen molar-refractivity contribution in [2.75, 3.05) is 5.73 Å². The average molecular weight is 376 g/mol. The molecule has 0 amide bonds. The summed E-state index contributed by atoms with van der Waals surface area (Å²) < 4.78 is 14.6. The van der Waals surface area contributed by atoms with Gasteiger partial charge in [0.05, 0.1) is 18.4 Å². The van der Waals surface area contributed by atoms with Gasteiger partial charge in [-0.1, -0.05) is 50.1 Å². The molecule has 6 nitrogen and oxygen atoms in total. The average Bonchev–Trinajstić information content (AvgIpc) is 3.28. The van der Waals surface area contributed by atoms with Gasteiger partial charge >= 0.3 is 0 Å². The van der Waals surface area contributed by atoms with Gasteiger partial charge in [-0.3, -0.25) is 0 Å². The molecule has 0 spiro atoms. The summed E-state index contributed by atoms with van der Waals surface area (Å²) in [5, 5.41) is 4.36. The summed E-state index contributed by atoms with van der Waals surface area (Å²) in [5.74, 6) is 3.42. The minimum absolute atomic E-state index is 0.0124. The van der Waals surface area contributed by atoms with Crippen LogP contribution in [0.4, 0.5) is 5.82 Å². The molecule has 0 radical (unpaired) electrons. The van der Waals surface area contributed by atoms with E-state index in [-0.39, 0.29) is 18.1 Å². The molecule has 4 atom stereocenters. The van der Waals surface area contributed by atoms with Gasteiger partial charge in [0.2, 0.25) is 0 Å². The minimum atomic E-state index is -1.05. The Labute approximate surface area is 164 Å². The van der Waals surface area contributed by atoms with Gasteiger partial charge in [-0.05, 0) is 24.1 Å². The molecule has 2 N–H and O–H groups in total. The lowest BCUT2D eigenvalue weighted by atomic mass is 9.86. The molecule has 1 saturated heterocycles. The van der Waals surface area contributed by atoms with Crippen LogP contribution < -0.4 is 5.73 Å². The van der Waals surface area contributed by atoms with E-state index < -0.39 is 5.60 Å². The molecule has 1 aliphatic rings. The topological polar surface area (TPSA) is 74.7 Å². The number of benzene rings is 1. The standard InChI is InChI=1S/C22H24N4O2/c1-4-18-15(3)20(27-13-16-9-7-6-8-10-16)22(5-2,28-18)19-12-11-17-21(23)24-14-25-26(17)19/h2,6-12,14-15,18,20H,4,13H2,1,3H3,(H2,23,24,25)/t15-,18-,20-,22?/m1/s1. The van der Waals surface area contributed by atoms with Crippen LogP contribution in [0.25, 0.3) is 5.52 Å². The fourth-order valence-electron chi connectivity index (χ4n) is 4.09. The first kappa shape index (κ1) is 18.5. The number of aromatic nitrogens is 3. The van der Waals surface area contributed by atoms with E-state index in [1.807, 2.05) is 42.5 Å². The van der Waals surface area contributed by atoms with E-state index in [0.717, 1.165) is 17.7 Å². The monoisotopic (exact) mass is 376 g/mol. The van der Waals surface area contributed by atoms with Crippen LogP contribution >= 0.6 is 0 Å². The normalized spacial score (nSPS) is 27.1. The highest BCUT2D eigenvalue weighted by Crippen LogP contribution is 2.46. The van der Waals surface area contributed by atoms with Crippen LogP contribution in [0, 0.1) is 18.3 Å². The zero-order valence-corrected chi connectivity index (χ0v) is 16.1. The Bertz CT molecular complexity index is 1010. The quantitative estimate of drug-likeness (QED) is 0.692. The van der Waals surface area contributed by atoms with E-state index in [1.165, 1.54) is 6.33 Å². The second kappa shape index (κ2) is 7.27. The lowest BCUT2D eigenvalue weighted by Gasteiger charge is -2.30. The predicted molar refractivity (Wildman–Crippen MR) is 107 cm³/mol. The van der Waals surface area contributed by atoms with Gasteiger partial charge in [0.25, 0.3) is 0 Å². The summed E-state index contributed by atoms with van der Waals surface area (Å²) in [6.45, 7) is 4.68. The third-order valence-corrected chi connectivity index (χ3v) is 5.55. The van der Waals surface area contributed by atoms with Gasteiger partial charge in [-0.2, -0.15) is 5.10 Å². The molecule has 28 heavy (non-hydrogen) atoms. The Hall–Kier alpha value is -2.88. The number of nitrogens with two attached hydrogens (primary N) is 1. The molecule has 144 valence electrons. The van der Waals surface area contributed by atoms with Gasteiger partial charge < -0.3 is 15.2 Å². The molecule has 1 aliphatic heterocycles. The van der Waals surface area contributed by atoms with Gasteiger partial charge in [-0.25, -0.2) is 9.50 Å². The third kappa shape index (κ3) is 2.84. The van der Waals surface area contributed by atoms with Gasteiger partial charge in [0.1, 0.15) is 17.9 Å². The number of ether oxygens (including phenoxy) is 2. The number of fused-ring (bicyclic) bond motifs is 1. The van der Waals surface area contributed by atoms with Crippen LogP contribution in [0.5, 0.6) is 0 Å². The van der Waals surface area contributed by atoms with Crippen molar-refractivity contribution in [1.82, 2.24) is 14.6 Å². The van der Waals surface area contributed by atoms with Crippen molar-refractivity contribution in [3.63, 3.8) is 0 Å². The highest BCUT2D eigenvalue weighted by molar-refractivity contribution is 5.66. The number of hydrogen-bond donors (Lipinski definition) is 1. The fraction of sp³-hybridized carbons (Fsp3) is 0.364. The van der Waals surface area contributed by atoms with Gasteiger partial charge in [0, 0.05) is 5.92 Å². The predicted octanol–water partition coefficient (Wildman–Crippen LogP) is 3.17. The van der Waals surface area contributed by atoms with Crippen LogP contribution in [0.15, 0.2) is 48.8 Å².